The molecule has 5 aliphatic rings. The van der Waals surface area contributed by atoms with Crippen LogP contribution < -0.4 is 0 Å². The van der Waals surface area contributed by atoms with Crippen LogP contribution in [0.15, 0.2) is 57.7 Å². The van der Waals surface area contributed by atoms with Gasteiger partial charge in [0, 0.05) is 16.7 Å². The minimum Gasteiger partial charge on any atom is -0.431 e. The van der Waals surface area contributed by atoms with Crippen LogP contribution in [0.3, 0.4) is 0 Å². The standard InChI is InChI=1S/C32H37NO6S/c1-4-7-27-38-26-15-21-20-11-10-18-14-19(34)12-13-30(18,2)28(20)23(35)16-31(21,3)32(26,39-27)25(36)17-40-29-33-22-8-5-6-9-24(22)37-29/h5-6,8-9,12-14,20-21,23,26-28,35H,4,7,10-11,15-17H2,1-3H3/t20?,21?,23?,26-,27-,28?,30?,31?,32-/m1/s1. The third kappa shape index (κ3) is 3.65. The van der Waals surface area contributed by atoms with Gasteiger partial charge in [0.2, 0.25) is 0 Å². The molecule has 2 heterocycles. The van der Waals surface area contributed by atoms with Gasteiger partial charge in [-0.1, -0.05) is 62.7 Å². The third-order valence-corrected chi connectivity index (χ3v) is 11.7. The Kier molecular flexibility index (Phi) is 6.24. The summed E-state index contributed by atoms with van der Waals surface area (Å²) in [5.41, 5.74) is 0.524. The summed E-state index contributed by atoms with van der Waals surface area (Å²) in [4.78, 5) is 31.1. The first-order valence-electron chi connectivity index (χ1n) is 14.7. The van der Waals surface area contributed by atoms with Gasteiger partial charge in [0.25, 0.3) is 5.22 Å². The topological polar surface area (TPSA) is 98.9 Å². The van der Waals surface area contributed by atoms with Gasteiger partial charge in [-0.2, -0.15) is 0 Å². The fraction of sp³-hybridized carbons (Fsp3) is 0.594. The molecule has 1 N–H and O–H groups in total. The average molecular weight is 564 g/mol. The maximum Gasteiger partial charge on any atom is 0.257 e. The van der Waals surface area contributed by atoms with E-state index in [9.17, 15) is 14.7 Å². The lowest BCUT2D eigenvalue weighted by molar-refractivity contribution is -0.197. The fourth-order valence-corrected chi connectivity index (χ4v) is 9.93. The number of ketones is 2. The average Bonchev–Trinajstić information content (AvgIpc) is 3.57. The van der Waals surface area contributed by atoms with Gasteiger partial charge in [-0.3, -0.25) is 9.59 Å². The van der Waals surface area contributed by atoms with Crippen molar-refractivity contribution < 1.29 is 28.6 Å². The van der Waals surface area contributed by atoms with Crippen molar-refractivity contribution in [3.8, 4) is 0 Å². The second kappa shape index (κ2) is 9.38. The van der Waals surface area contributed by atoms with Crippen molar-refractivity contribution in [2.75, 3.05) is 5.75 Å². The third-order valence-electron chi connectivity index (χ3n) is 10.8. The van der Waals surface area contributed by atoms with Gasteiger partial charge in [0.05, 0.1) is 18.0 Å². The summed E-state index contributed by atoms with van der Waals surface area (Å²) in [7, 11) is 0. The summed E-state index contributed by atoms with van der Waals surface area (Å²) in [6, 6.07) is 7.59. The Morgan fingerprint density at radius 2 is 2.08 bits per heavy atom. The number of rotatable bonds is 6. The van der Waals surface area contributed by atoms with Crippen molar-refractivity contribution in [3.05, 3.63) is 48.1 Å². The number of fused-ring (bicyclic) bond motifs is 8. The van der Waals surface area contributed by atoms with Crippen molar-refractivity contribution in [3.63, 3.8) is 0 Å². The number of oxazole rings is 1. The largest absolute Gasteiger partial charge is 0.431 e. The van der Waals surface area contributed by atoms with Gasteiger partial charge in [0.1, 0.15) is 5.52 Å². The smallest absolute Gasteiger partial charge is 0.257 e. The summed E-state index contributed by atoms with van der Waals surface area (Å²) in [6.07, 6.45) is 8.58. The van der Waals surface area contributed by atoms with Crippen LogP contribution in [-0.2, 0) is 19.1 Å². The zero-order valence-corrected chi connectivity index (χ0v) is 24.1. The number of allylic oxidation sites excluding steroid dienone is 4. The first-order valence-corrected chi connectivity index (χ1v) is 15.7. The molecule has 1 saturated heterocycles. The Morgan fingerprint density at radius 3 is 2.88 bits per heavy atom. The number of nitrogens with zero attached hydrogens (tertiary/aromatic N) is 1. The number of carbonyl (C=O) groups excluding carboxylic acids is 2. The molecule has 7 nitrogen and oxygen atoms in total. The first kappa shape index (κ1) is 26.6. The van der Waals surface area contributed by atoms with Crippen LogP contribution in [0.4, 0.5) is 0 Å². The highest BCUT2D eigenvalue weighted by atomic mass is 32.2. The number of Topliss-reactive ketones (excluding diaryl/α,β-unsaturated/α-hetero) is 1. The Balaban J connectivity index is 1.22. The normalized spacial score (nSPS) is 41.8. The number of thioether (sulfide) groups is 1. The van der Waals surface area contributed by atoms with Crippen LogP contribution in [0.25, 0.3) is 11.1 Å². The summed E-state index contributed by atoms with van der Waals surface area (Å²) in [5, 5.41) is 12.3. The number of aliphatic hydroxyl groups is 1. The highest BCUT2D eigenvalue weighted by Crippen LogP contribution is 2.69. The monoisotopic (exact) mass is 563 g/mol. The van der Waals surface area contributed by atoms with Gasteiger partial charge < -0.3 is 19.0 Å². The number of benzene rings is 1. The molecule has 1 aromatic carbocycles. The Hall–Kier alpha value is -2.26. The molecule has 4 aliphatic carbocycles. The summed E-state index contributed by atoms with van der Waals surface area (Å²) in [6.45, 7) is 6.42. The van der Waals surface area contributed by atoms with Crippen LogP contribution in [0.2, 0.25) is 0 Å². The highest BCUT2D eigenvalue weighted by molar-refractivity contribution is 7.99. The maximum atomic E-state index is 14.4. The zero-order valence-electron chi connectivity index (χ0n) is 23.3. The number of hydrogen-bond donors (Lipinski definition) is 1. The van der Waals surface area contributed by atoms with Crippen LogP contribution in [0.5, 0.6) is 0 Å². The molecule has 8 heteroatoms. The Labute approximate surface area is 238 Å². The van der Waals surface area contributed by atoms with Crippen LogP contribution >= 0.6 is 11.8 Å². The molecule has 0 amide bonds. The van der Waals surface area contributed by atoms with Gasteiger partial charge in [0.15, 0.2) is 29.0 Å². The van der Waals surface area contributed by atoms with Gasteiger partial charge in [-0.15, -0.1) is 0 Å². The van der Waals surface area contributed by atoms with E-state index in [1.165, 1.54) is 11.8 Å². The van der Waals surface area contributed by atoms with Crippen molar-refractivity contribution in [1.82, 2.24) is 4.98 Å². The van der Waals surface area contributed by atoms with E-state index < -0.39 is 23.4 Å². The lowest BCUT2D eigenvalue weighted by Gasteiger charge is -2.59. The molecule has 1 aromatic heterocycles. The molecule has 0 radical (unpaired) electrons. The predicted octanol–water partition coefficient (Wildman–Crippen LogP) is 5.66. The van der Waals surface area contributed by atoms with Gasteiger partial charge in [-0.05, 0) is 68.2 Å². The SMILES string of the molecule is CCC[C@@H]1O[C@@H]2CC3C4CCC5=CC(=O)C=CC5(C)C4C(O)CC3(C)[C@]2(C(=O)CSc2nc3ccccc3o2)O1. The molecule has 212 valence electrons. The minimum absolute atomic E-state index is 0.00947. The Bertz CT molecular complexity index is 1400. The minimum atomic E-state index is -1.13. The van der Waals surface area contributed by atoms with Crippen molar-refractivity contribution in [2.24, 2.45) is 28.6 Å². The van der Waals surface area contributed by atoms with Gasteiger partial charge in [-0.25, -0.2) is 4.98 Å². The number of aromatic nitrogens is 1. The molecular weight excluding hydrogens is 526 g/mol. The van der Waals surface area contributed by atoms with Crippen LogP contribution in [-0.4, -0.2) is 51.5 Å². The molecule has 9 atom stereocenters. The first-order chi connectivity index (χ1) is 19.2. The molecular formula is C32H37NO6S. The second-order valence-corrected chi connectivity index (χ2v) is 13.7. The number of hydrogen-bond acceptors (Lipinski definition) is 8. The predicted molar refractivity (Wildman–Crippen MR) is 151 cm³/mol. The van der Waals surface area contributed by atoms with Crippen molar-refractivity contribution in [1.29, 1.82) is 0 Å². The van der Waals surface area contributed by atoms with E-state index >= 15 is 0 Å². The summed E-state index contributed by atoms with van der Waals surface area (Å²) in [5.74, 6) is 0.530. The summed E-state index contributed by atoms with van der Waals surface area (Å²) >= 11 is 1.30. The van der Waals surface area contributed by atoms with E-state index in [2.05, 4.69) is 25.8 Å². The van der Waals surface area contributed by atoms with Crippen molar-refractivity contribution >= 4 is 34.4 Å². The van der Waals surface area contributed by atoms with E-state index in [4.69, 9.17) is 13.9 Å². The molecule has 7 rings (SSSR count). The lowest BCUT2D eigenvalue weighted by atomic mass is 9.46. The molecule has 3 saturated carbocycles. The van der Waals surface area contributed by atoms with Crippen LogP contribution in [0.1, 0.15) is 59.3 Å². The maximum absolute atomic E-state index is 14.4. The molecule has 1 aliphatic heterocycles. The molecule has 4 fully saturated rings. The van der Waals surface area contributed by atoms with E-state index in [-0.39, 0.29) is 46.6 Å². The van der Waals surface area contributed by atoms with Crippen LogP contribution in [0, 0.1) is 28.6 Å². The molecule has 40 heavy (non-hydrogen) atoms. The quantitative estimate of drug-likeness (QED) is 0.450. The highest BCUT2D eigenvalue weighted by Gasteiger charge is 2.75. The van der Waals surface area contributed by atoms with Gasteiger partial charge >= 0.3 is 0 Å². The number of ether oxygens (including phenoxy) is 2. The van der Waals surface area contributed by atoms with Crippen molar-refractivity contribution in [2.45, 2.75) is 88.6 Å². The number of aliphatic hydroxyl groups excluding tert-OH is 1. The second-order valence-electron chi connectivity index (χ2n) is 12.8. The fourth-order valence-electron chi connectivity index (χ4n) is 9.15. The number of carbonyl (C=O) groups is 2. The van der Waals surface area contributed by atoms with E-state index in [1.807, 2.05) is 30.3 Å². The van der Waals surface area contributed by atoms with E-state index in [0.29, 0.717) is 17.2 Å². The lowest BCUT2D eigenvalue weighted by Crippen LogP contribution is -2.63. The Morgan fingerprint density at radius 1 is 1.25 bits per heavy atom. The summed E-state index contributed by atoms with van der Waals surface area (Å²) < 4.78 is 19.2. The molecule has 2 aromatic rings. The van der Waals surface area contributed by atoms with E-state index in [0.717, 1.165) is 43.2 Å². The molecule has 6 unspecified atom stereocenters. The number of para-hydroxylation sites is 2. The molecule has 0 spiro atoms. The zero-order chi connectivity index (χ0) is 27.9. The van der Waals surface area contributed by atoms with E-state index in [1.54, 1.807) is 12.2 Å². The molecule has 0 bridgehead atoms.